The predicted octanol–water partition coefficient (Wildman–Crippen LogP) is 5.90. The highest BCUT2D eigenvalue weighted by molar-refractivity contribution is 7.99. The number of benzene rings is 3. The molecule has 0 aliphatic carbocycles. The minimum absolute atomic E-state index is 0.0752. The highest BCUT2D eigenvalue weighted by Gasteiger charge is 2.17. The van der Waals surface area contributed by atoms with Crippen LogP contribution in [0.25, 0.3) is 17.1 Å². The van der Waals surface area contributed by atoms with E-state index in [0.29, 0.717) is 5.16 Å². The Morgan fingerprint density at radius 1 is 0.875 bits per heavy atom. The van der Waals surface area contributed by atoms with E-state index in [-0.39, 0.29) is 11.7 Å². The number of amides is 1. The Labute approximate surface area is 192 Å². The summed E-state index contributed by atoms with van der Waals surface area (Å²) in [4.78, 5) is 12.6. The summed E-state index contributed by atoms with van der Waals surface area (Å²) >= 11 is 1.38. The third-order valence-electron chi connectivity index (χ3n) is 5.32. The number of anilines is 1. The smallest absolute Gasteiger partial charge is 0.234 e. The van der Waals surface area contributed by atoms with Crippen molar-refractivity contribution in [2.24, 2.45) is 0 Å². The average molecular weight is 443 g/mol. The molecule has 0 unspecified atom stereocenters. The lowest BCUT2D eigenvalue weighted by atomic mass is 10.1. The average Bonchev–Trinajstić information content (AvgIpc) is 3.19. The van der Waals surface area contributed by atoms with Crippen LogP contribution in [0.2, 0.25) is 0 Å². The fraction of sp³-hybridized carbons (Fsp3) is 0.192. The van der Waals surface area contributed by atoms with Gasteiger partial charge >= 0.3 is 0 Å². The second-order valence-electron chi connectivity index (χ2n) is 7.98. The van der Waals surface area contributed by atoms with Gasteiger partial charge in [-0.15, -0.1) is 10.2 Å². The maximum absolute atomic E-state index is 12.6. The molecule has 0 fully saturated rings. The van der Waals surface area contributed by atoms with Gasteiger partial charge in [0, 0.05) is 16.9 Å². The SMILES string of the molecule is Cc1ccc(-n2c(SCC(=O)Nc3ccc(C)c(C)c3)nnc2-c2cccc(C)c2)cc1. The predicted molar refractivity (Wildman–Crippen MR) is 132 cm³/mol. The molecule has 1 aromatic heterocycles. The van der Waals surface area contributed by atoms with Crippen LogP contribution in [0.15, 0.2) is 71.9 Å². The molecule has 4 rings (SSSR count). The van der Waals surface area contributed by atoms with E-state index in [9.17, 15) is 4.79 Å². The van der Waals surface area contributed by atoms with Crippen LogP contribution in [0.1, 0.15) is 22.3 Å². The van der Waals surface area contributed by atoms with Crippen molar-refractivity contribution >= 4 is 23.4 Å². The van der Waals surface area contributed by atoms with Crippen molar-refractivity contribution in [2.75, 3.05) is 11.1 Å². The van der Waals surface area contributed by atoms with Crippen molar-refractivity contribution in [1.82, 2.24) is 14.8 Å². The van der Waals surface area contributed by atoms with E-state index in [4.69, 9.17) is 0 Å². The first kappa shape index (κ1) is 21.8. The Morgan fingerprint density at radius 3 is 2.38 bits per heavy atom. The van der Waals surface area contributed by atoms with Crippen LogP contribution in [0.5, 0.6) is 0 Å². The van der Waals surface area contributed by atoms with Gasteiger partial charge in [0.05, 0.1) is 5.75 Å². The summed E-state index contributed by atoms with van der Waals surface area (Å²) in [6.07, 6.45) is 0. The minimum Gasteiger partial charge on any atom is -0.325 e. The maximum Gasteiger partial charge on any atom is 0.234 e. The lowest BCUT2D eigenvalue weighted by molar-refractivity contribution is -0.113. The van der Waals surface area contributed by atoms with Crippen LogP contribution in [0.4, 0.5) is 5.69 Å². The zero-order valence-electron chi connectivity index (χ0n) is 18.7. The molecule has 3 aromatic carbocycles. The van der Waals surface area contributed by atoms with Crippen molar-refractivity contribution < 1.29 is 4.79 Å². The number of hydrogen-bond acceptors (Lipinski definition) is 4. The Morgan fingerprint density at radius 2 is 1.66 bits per heavy atom. The summed E-state index contributed by atoms with van der Waals surface area (Å²) < 4.78 is 2.02. The summed E-state index contributed by atoms with van der Waals surface area (Å²) in [6.45, 7) is 8.21. The fourth-order valence-electron chi connectivity index (χ4n) is 3.41. The molecular weight excluding hydrogens is 416 g/mol. The van der Waals surface area contributed by atoms with Gasteiger partial charge in [-0.25, -0.2) is 0 Å². The molecular formula is C26H26N4OS. The molecule has 0 saturated carbocycles. The molecule has 162 valence electrons. The van der Waals surface area contributed by atoms with E-state index >= 15 is 0 Å². The number of aromatic nitrogens is 3. The monoisotopic (exact) mass is 442 g/mol. The molecule has 0 spiro atoms. The summed E-state index contributed by atoms with van der Waals surface area (Å²) in [5, 5.41) is 12.5. The van der Waals surface area contributed by atoms with E-state index in [1.807, 2.05) is 41.8 Å². The van der Waals surface area contributed by atoms with Crippen LogP contribution >= 0.6 is 11.8 Å². The summed E-state index contributed by atoms with van der Waals surface area (Å²) in [6, 6.07) is 22.4. The van der Waals surface area contributed by atoms with Crippen LogP contribution < -0.4 is 5.32 Å². The van der Waals surface area contributed by atoms with Crippen molar-refractivity contribution in [3.05, 3.63) is 89.0 Å². The second kappa shape index (κ2) is 9.40. The molecule has 1 N–H and O–H groups in total. The van der Waals surface area contributed by atoms with Gasteiger partial charge in [0.1, 0.15) is 0 Å². The highest BCUT2D eigenvalue weighted by atomic mass is 32.2. The molecule has 1 amide bonds. The van der Waals surface area contributed by atoms with Crippen molar-refractivity contribution in [2.45, 2.75) is 32.9 Å². The first-order valence-electron chi connectivity index (χ1n) is 10.5. The third-order valence-corrected chi connectivity index (χ3v) is 6.25. The van der Waals surface area contributed by atoms with Gasteiger partial charge in [-0.3, -0.25) is 9.36 Å². The van der Waals surface area contributed by atoms with Gasteiger partial charge in [-0.1, -0.05) is 59.3 Å². The van der Waals surface area contributed by atoms with E-state index in [0.717, 1.165) is 33.9 Å². The molecule has 5 nitrogen and oxygen atoms in total. The van der Waals surface area contributed by atoms with E-state index < -0.39 is 0 Å². The van der Waals surface area contributed by atoms with E-state index in [2.05, 4.69) is 72.7 Å². The molecule has 4 aromatic rings. The van der Waals surface area contributed by atoms with E-state index in [1.165, 1.54) is 22.9 Å². The van der Waals surface area contributed by atoms with Crippen molar-refractivity contribution in [3.63, 3.8) is 0 Å². The van der Waals surface area contributed by atoms with E-state index in [1.54, 1.807) is 0 Å². The lowest BCUT2D eigenvalue weighted by Crippen LogP contribution is -2.14. The first-order valence-corrected chi connectivity index (χ1v) is 11.5. The van der Waals surface area contributed by atoms with Crippen LogP contribution in [0, 0.1) is 27.7 Å². The van der Waals surface area contributed by atoms with Gasteiger partial charge < -0.3 is 5.32 Å². The Balaban J connectivity index is 1.60. The van der Waals surface area contributed by atoms with Gasteiger partial charge in [-0.2, -0.15) is 0 Å². The Hall–Kier alpha value is -3.38. The maximum atomic E-state index is 12.6. The third kappa shape index (κ3) is 4.92. The second-order valence-corrected chi connectivity index (χ2v) is 8.93. The van der Waals surface area contributed by atoms with Gasteiger partial charge in [0.15, 0.2) is 11.0 Å². The number of carbonyl (C=O) groups excluding carboxylic acids is 1. The molecule has 0 radical (unpaired) electrons. The molecule has 1 heterocycles. The molecule has 6 heteroatoms. The molecule has 0 saturated heterocycles. The molecule has 0 aliphatic heterocycles. The number of thioether (sulfide) groups is 1. The standard InChI is InChI=1S/C26H26N4OS/c1-17-8-12-23(13-9-17)30-25(21-7-5-6-18(2)14-21)28-29-26(30)32-16-24(31)27-22-11-10-19(3)20(4)15-22/h5-15H,16H2,1-4H3,(H,27,31). The number of carbonyl (C=O) groups is 1. The minimum atomic E-state index is -0.0752. The molecule has 0 bridgehead atoms. The number of hydrogen-bond donors (Lipinski definition) is 1. The zero-order valence-corrected chi connectivity index (χ0v) is 19.5. The van der Waals surface area contributed by atoms with Crippen LogP contribution in [0.3, 0.4) is 0 Å². The number of aryl methyl sites for hydroxylation is 4. The topological polar surface area (TPSA) is 59.8 Å². The highest BCUT2D eigenvalue weighted by Crippen LogP contribution is 2.28. The van der Waals surface area contributed by atoms with Gasteiger partial charge in [0.25, 0.3) is 0 Å². The molecule has 0 aliphatic rings. The quantitative estimate of drug-likeness (QED) is 0.378. The Kier molecular flexibility index (Phi) is 6.42. The summed E-state index contributed by atoms with van der Waals surface area (Å²) in [7, 11) is 0. The van der Waals surface area contributed by atoms with Crippen molar-refractivity contribution in [1.29, 1.82) is 0 Å². The van der Waals surface area contributed by atoms with Crippen LogP contribution in [-0.4, -0.2) is 26.4 Å². The molecule has 32 heavy (non-hydrogen) atoms. The van der Waals surface area contributed by atoms with Crippen molar-refractivity contribution in [3.8, 4) is 17.1 Å². The van der Waals surface area contributed by atoms with Crippen LogP contribution in [-0.2, 0) is 4.79 Å². The fourth-order valence-corrected chi connectivity index (χ4v) is 4.16. The zero-order chi connectivity index (χ0) is 22.7. The first-order chi connectivity index (χ1) is 15.4. The van der Waals surface area contributed by atoms with Gasteiger partial charge in [0.2, 0.25) is 5.91 Å². The molecule has 0 atom stereocenters. The normalized spacial score (nSPS) is 10.9. The summed E-state index contributed by atoms with van der Waals surface area (Å²) in [5.41, 5.74) is 7.45. The number of nitrogens with zero attached hydrogens (tertiary/aromatic N) is 3. The summed E-state index contributed by atoms with van der Waals surface area (Å²) in [5.74, 6) is 0.925. The number of rotatable bonds is 6. The van der Waals surface area contributed by atoms with Gasteiger partial charge in [-0.05, 0) is 69.2 Å². The largest absolute Gasteiger partial charge is 0.325 e. The lowest BCUT2D eigenvalue weighted by Gasteiger charge is -2.11. The Bertz CT molecular complexity index is 1260. The number of nitrogens with one attached hydrogen (secondary N) is 1.